The molecule has 0 amide bonds. The van der Waals surface area contributed by atoms with E-state index in [0.29, 0.717) is 12.0 Å². The summed E-state index contributed by atoms with van der Waals surface area (Å²) in [5, 5.41) is 6.25. The highest BCUT2D eigenvalue weighted by atomic mass is 16.5. The molecule has 18 heavy (non-hydrogen) atoms. The Morgan fingerprint density at radius 3 is 3.06 bits per heavy atom. The van der Waals surface area contributed by atoms with Crippen LogP contribution < -0.4 is 5.32 Å². The third kappa shape index (κ3) is 1.45. The molecule has 1 N–H and O–H groups in total. The van der Waals surface area contributed by atoms with Crippen LogP contribution in [0.2, 0.25) is 0 Å². The Bertz CT molecular complexity index is 593. The van der Waals surface area contributed by atoms with Gasteiger partial charge in [0.25, 0.3) is 0 Å². The first-order valence-corrected chi connectivity index (χ1v) is 6.80. The van der Waals surface area contributed by atoms with Gasteiger partial charge in [-0.3, -0.25) is 0 Å². The van der Waals surface area contributed by atoms with E-state index in [0.717, 1.165) is 13.2 Å². The van der Waals surface area contributed by atoms with Gasteiger partial charge in [-0.25, -0.2) is 0 Å². The zero-order valence-electron chi connectivity index (χ0n) is 10.4. The third-order valence-electron chi connectivity index (χ3n) is 4.25. The van der Waals surface area contributed by atoms with Crippen LogP contribution in [0.5, 0.6) is 0 Å². The molecule has 0 unspecified atom stereocenters. The van der Waals surface area contributed by atoms with E-state index in [-0.39, 0.29) is 0 Å². The maximum Gasteiger partial charge on any atom is 0.0889 e. The summed E-state index contributed by atoms with van der Waals surface area (Å²) < 4.78 is 6.02. The lowest BCUT2D eigenvalue weighted by Crippen LogP contribution is -2.33. The highest BCUT2D eigenvalue weighted by molar-refractivity contribution is 5.96. The normalized spacial score (nSPS) is 26.2. The van der Waals surface area contributed by atoms with Crippen molar-refractivity contribution in [2.24, 2.45) is 5.92 Å². The van der Waals surface area contributed by atoms with Crippen LogP contribution in [0.25, 0.3) is 10.8 Å². The largest absolute Gasteiger partial charge is 0.384 e. The van der Waals surface area contributed by atoms with Crippen molar-refractivity contribution in [3.8, 4) is 0 Å². The predicted molar refractivity (Wildman–Crippen MR) is 73.9 cm³/mol. The maximum atomic E-state index is 6.02. The van der Waals surface area contributed by atoms with Gasteiger partial charge in [0.05, 0.1) is 6.10 Å². The van der Waals surface area contributed by atoms with Gasteiger partial charge in [0.15, 0.2) is 0 Å². The number of hydrogen-bond acceptors (Lipinski definition) is 2. The van der Waals surface area contributed by atoms with E-state index >= 15 is 0 Å². The van der Waals surface area contributed by atoms with E-state index in [9.17, 15) is 0 Å². The molecule has 0 spiro atoms. The first-order valence-electron chi connectivity index (χ1n) is 6.80. The van der Waals surface area contributed by atoms with E-state index in [4.69, 9.17) is 4.74 Å². The lowest BCUT2D eigenvalue weighted by molar-refractivity contribution is -0.0261. The Morgan fingerprint density at radius 1 is 1.11 bits per heavy atom. The monoisotopic (exact) mass is 239 g/mol. The molecule has 0 saturated carbocycles. The number of nitrogens with one attached hydrogen (secondary N) is 1. The number of anilines is 1. The molecule has 1 fully saturated rings. The van der Waals surface area contributed by atoms with Crippen LogP contribution in [0.4, 0.5) is 5.69 Å². The summed E-state index contributed by atoms with van der Waals surface area (Å²) in [6.07, 6.45) is 2.79. The molecule has 2 aromatic rings. The van der Waals surface area contributed by atoms with Gasteiger partial charge in [-0.1, -0.05) is 36.4 Å². The zero-order chi connectivity index (χ0) is 11.9. The van der Waals surface area contributed by atoms with Gasteiger partial charge in [-0.2, -0.15) is 0 Å². The average Bonchev–Trinajstić information content (AvgIpc) is 2.46. The molecule has 2 nitrogen and oxygen atoms in total. The number of benzene rings is 2. The molecular formula is C16H17NO. The lowest BCUT2D eigenvalue weighted by Gasteiger charge is -2.38. The van der Waals surface area contributed by atoms with Crippen molar-refractivity contribution in [1.82, 2.24) is 0 Å². The molecule has 2 aromatic carbocycles. The van der Waals surface area contributed by atoms with Crippen molar-refractivity contribution in [3.05, 3.63) is 42.0 Å². The van der Waals surface area contributed by atoms with E-state index in [2.05, 4.69) is 41.7 Å². The molecule has 0 aliphatic carbocycles. The van der Waals surface area contributed by atoms with Crippen LogP contribution in [0.3, 0.4) is 0 Å². The summed E-state index contributed by atoms with van der Waals surface area (Å²) in [4.78, 5) is 0. The molecule has 4 rings (SSSR count). The number of hydrogen-bond donors (Lipinski definition) is 1. The van der Waals surface area contributed by atoms with Crippen molar-refractivity contribution in [2.75, 3.05) is 18.5 Å². The Morgan fingerprint density at radius 2 is 2.06 bits per heavy atom. The SMILES string of the molecule is c1ccc2c3c(ccc2c1)[C@H]1OCCC[C@H]1CN3. The number of ether oxygens (including phenoxy) is 1. The second-order valence-corrected chi connectivity index (χ2v) is 5.33. The lowest BCUT2D eigenvalue weighted by atomic mass is 9.84. The summed E-state index contributed by atoms with van der Waals surface area (Å²) in [5.74, 6) is 0.646. The first-order chi connectivity index (χ1) is 8.93. The van der Waals surface area contributed by atoms with Crippen LogP contribution in [-0.4, -0.2) is 13.2 Å². The molecule has 0 aromatic heterocycles. The predicted octanol–water partition coefficient (Wildman–Crippen LogP) is 3.73. The van der Waals surface area contributed by atoms with E-state index in [1.165, 1.54) is 34.9 Å². The van der Waals surface area contributed by atoms with Gasteiger partial charge in [0, 0.05) is 35.7 Å². The summed E-state index contributed by atoms with van der Waals surface area (Å²) in [7, 11) is 0. The summed E-state index contributed by atoms with van der Waals surface area (Å²) in [5.41, 5.74) is 2.64. The Balaban J connectivity index is 1.90. The molecule has 92 valence electrons. The first kappa shape index (κ1) is 10.4. The van der Waals surface area contributed by atoms with Crippen molar-refractivity contribution in [3.63, 3.8) is 0 Å². The number of fused-ring (bicyclic) bond motifs is 5. The van der Waals surface area contributed by atoms with Crippen LogP contribution in [0.1, 0.15) is 24.5 Å². The van der Waals surface area contributed by atoms with Crippen molar-refractivity contribution < 1.29 is 4.74 Å². The fourth-order valence-electron chi connectivity index (χ4n) is 3.35. The van der Waals surface area contributed by atoms with Crippen LogP contribution in [0.15, 0.2) is 36.4 Å². The van der Waals surface area contributed by atoms with Gasteiger partial charge < -0.3 is 10.1 Å². The molecule has 0 bridgehead atoms. The average molecular weight is 239 g/mol. The molecule has 2 heterocycles. The summed E-state index contributed by atoms with van der Waals surface area (Å²) >= 11 is 0. The standard InChI is InChI=1S/C16H17NO/c1-2-6-13-11(4-1)7-8-14-15(13)17-10-12-5-3-9-18-16(12)14/h1-2,4,6-8,12,16-17H,3,5,9-10H2/t12-,16-/m0/s1. The Kier molecular flexibility index (Phi) is 2.30. The van der Waals surface area contributed by atoms with Gasteiger partial charge >= 0.3 is 0 Å². The molecular weight excluding hydrogens is 222 g/mol. The minimum Gasteiger partial charge on any atom is -0.384 e. The van der Waals surface area contributed by atoms with Gasteiger partial charge in [-0.05, 0) is 18.2 Å². The Hall–Kier alpha value is -1.54. The number of rotatable bonds is 0. The summed E-state index contributed by atoms with van der Waals surface area (Å²) in [6, 6.07) is 13.0. The van der Waals surface area contributed by atoms with Gasteiger partial charge in [0.2, 0.25) is 0 Å². The molecule has 2 aliphatic rings. The molecule has 0 radical (unpaired) electrons. The topological polar surface area (TPSA) is 21.3 Å². The molecule has 2 heteroatoms. The van der Waals surface area contributed by atoms with Crippen molar-refractivity contribution in [1.29, 1.82) is 0 Å². The van der Waals surface area contributed by atoms with Crippen molar-refractivity contribution in [2.45, 2.75) is 18.9 Å². The summed E-state index contributed by atoms with van der Waals surface area (Å²) in [6.45, 7) is 1.96. The van der Waals surface area contributed by atoms with E-state index < -0.39 is 0 Å². The van der Waals surface area contributed by atoms with E-state index in [1.54, 1.807) is 0 Å². The smallest absolute Gasteiger partial charge is 0.0889 e. The van der Waals surface area contributed by atoms with Gasteiger partial charge in [0.1, 0.15) is 0 Å². The third-order valence-corrected chi connectivity index (χ3v) is 4.25. The van der Waals surface area contributed by atoms with Crippen molar-refractivity contribution >= 4 is 16.5 Å². The second-order valence-electron chi connectivity index (χ2n) is 5.33. The fourth-order valence-corrected chi connectivity index (χ4v) is 3.35. The quantitative estimate of drug-likeness (QED) is 0.756. The Labute approximate surface area is 107 Å². The highest BCUT2D eigenvalue weighted by Gasteiger charge is 2.33. The molecule has 2 aliphatic heterocycles. The molecule has 2 atom stereocenters. The van der Waals surface area contributed by atoms with E-state index in [1.807, 2.05) is 0 Å². The van der Waals surface area contributed by atoms with Crippen LogP contribution in [-0.2, 0) is 4.74 Å². The minimum atomic E-state index is 0.305. The minimum absolute atomic E-state index is 0.305. The van der Waals surface area contributed by atoms with Crippen LogP contribution >= 0.6 is 0 Å². The maximum absolute atomic E-state index is 6.02. The molecule has 1 saturated heterocycles. The fraction of sp³-hybridized carbons (Fsp3) is 0.375. The zero-order valence-corrected chi connectivity index (χ0v) is 10.4. The van der Waals surface area contributed by atoms with Crippen LogP contribution in [0, 0.1) is 5.92 Å². The second kappa shape index (κ2) is 3.99. The van der Waals surface area contributed by atoms with Gasteiger partial charge in [-0.15, -0.1) is 0 Å². The highest BCUT2D eigenvalue weighted by Crippen LogP contribution is 2.43.